The van der Waals surface area contributed by atoms with Crippen LogP contribution in [0.5, 0.6) is 0 Å². The zero-order chi connectivity index (χ0) is 9.26. The van der Waals surface area contributed by atoms with Gasteiger partial charge in [-0.15, -0.1) is 0 Å². The van der Waals surface area contributed by atoms with E-state index in [0.29, 0.717) is 0 Å². The molecule has 13 heavy (non-hydrogen) atoms. The number of hydrogen-bond donors (Lipinski definition) is 3. The number of aromatic nitrogens is 2. The van der Waals surface area contributed by atoms with E-state index in [9.17, 15) is 4.79 Å². The summed E-state index contributed by atoms with van der Waals surface area (Å²) in [7, 11) is 0. The second-order valence-corrected chi connectivity index (χ2v) is 3.23. The van der Waals surface area contributed by atoms with Crippen molar-refractivity contribution < 1.29 is 10.0 Å². The zero-order valence-corrected chi connectivity index (χ0v) is 7.08. The zero-order valence-electron chi connectivity index (χ0n) is 7.08. The molecule has 0 bridgehead atoms. The molecule has 0 aliphatic heterocycles. The summed E-state index contributed by atoms with van der Waals surface area (Å²) in [6.07, 6.45) is 4.43. The number of H-pyrrole nitrogens is 1. The second kappa shape index (κ2) is 3.18. The van der Waals surface area contributed by atoms with E-state index in [1.807, 2.05) is 0 Å². The number of amides is 1. The Balaban J connectivity index is 2.30. The molecule has 1 heterocycles. The summed E-state index contributed by atoms with van der Waals surface area (Å²) in [6.45, 7) is 0. The fraction of sp³-hybridized carbons (Fsp3) is 0.500. The van der Waals surface area contributed by atoms with Gasteiger partial charge in [0.2, 0.25) is 0 Å². The van der Waals surface area contributed by atoms with Gasteiger partial charge in [-0.25, -0.2) is 5.48 Å². The van der Waals surface area contributed by atoms with Crippen molar-refractivity contribution in [2.45, 2.75) is 25.2 Å². The van der Waals surface area contributed by atoms with Crippen LogP contribution >= 0.6 is 0 Å². The highest BCUT2D eigenvalue weighted by Crippen LogP contribution is 2.29. The Morgan fingerprint density at radius 2 is 2.62 bits per heavy atom. The third-order valence-corrected chi connectivity index (χ3v) is 2.47. The van der Waals surface area contributed by atoms with Crippen LogP contribution in [-0.2, 0) is 11.2 Å². The lowest BCUT2D eigenvalue weighted by atomic mass is 9.88. The summed E-state index contributed by atoms with van der Waals surface area (Å²) in [6, 6.07) is 0. The molecule has 70 valence electrons. The summed E-state index contributed by atoms with van der Waals surface area (Å²) in [5.74, 6) is -0.624. The van der Waals surface area contributed by atoms with Crippen LogP contribution in [0.15, 0.2) is 6.20 Å². The predicted octanol–water partition coefficient (Wildman–Crippen LogP) is 0.335. The maximum absolute atomic E-state index is 11.2. The van der Waals surface area contributed by atoms with E-state index >= 15 is 0 Å². The van der Waals surface area contributed by atoms with E-state index in [0.717, 1.165) is 30.5 Å². The van der Waals surface area contributed by atoms with E-state index in [1.165, 1.54) is 0 Å². The Bertz CT molecular complexity index is 321. The van der Waals surface area contributed by atoms with Crippen LogP contribution in [0.2, 0.25) is 0 Å². The molecule has 0 saturated carbocycles. The van der Waals surface area contributed by atoms with Crippen molar-refractivity contribution in [3.05, 3.63) is 17.5 Å². The lowest BCUT2D eigenvalue weighted by Crippen LogP contribution is -2.28. The minimum atomic E-state index is -0.356. The van der Waals surface area contributed by atoms with Gasteiger partial charge >= 0.3 is 0 Å². The molecule has 1 unspecified atom stereocenters. The van der Waals surface area contributed by atoms with Gasteiger partial charge < -0.3 is 0 Å². The van der Waals surface area contributed by atoms with Gasteiger partial charge in [0.25, 0.3) is 5.91 Å². The normalized spacial score (nSPS) is 20.8. The van der Waals surface area contributed by atoms with Crippen molar-refractivity contribution in [1.29, 1.82) is 0 Å². The van der Waals surface area contributed by atoms with E-state index in [-0.39, 0.29) is 11.8 Å². The summed E-state index contributed by atoms with van der Waals surface area (Å²) in [5.41, 5.74) is 3.61. The van der Waals surface area contributed by atoms with Gasteiger partial charge in [0, 0.05) is 0 Å². The Kier molecular flexibility index (Phi) is 2.02. The minimum absolute atomic E-state index is 0.267. The van der Waals surface area contributed by atoms with Crippen LogP contribution < -0.4 is 5.48 Å². The largest absolute Gasteiger partial charge is 0.289 e. The summed E-state index contributed by atoms with van der Waals surface area (Å²) in [4.78, 5) is 11.2. The van der Waals surface area contributed by atoms with E-state index < -0.39 is 0 Å². The molecule has 1 aromatic rings. The fourth-order valence-electron chi connectivity index (χ4n) is 1.80. The molecule has 0 aromatic carbocycles. The lowest BCUT2D eigenvalue weighted by molar-refractivity contribution is -0.131. The first-order valence-corrected chi connectivity index (χ1v) is 4.29. The van der Waals surface area contributed by atoms with Crippen LogP contribution in [0.3, 0.4) is 0 Å². The third kappa shape index (κ3) is 1.31. The SMILES string of the molecule is O=C(NO)C1CCCc2cn[nH]c21. The first-order chi connectivity index (χ1) is 6.33. The van der Waals surface area contributed by atoms with Gasteiger partial charge in [-0.3, -0.25) is 15.1 Å². The average molecular weight is 181 g/mol. The monoisotopic (exact) mass is 181 g/mol. The average Bonchev–Trinajstić information content (AvgIpc) is 2.63. The number of carbonyl (C=O) groups excluding carboxylic acids is 1. The number of nitrogens with zero attached hydrogens (tertiary/aromatic N) is 1. The Morgan fingerprint density at radius 3 is 3.38 bits per heavy atom. The van der Waals surface area contributed by atoms with Gasteiger partial charge in [0.05, 0.1) is 17.8 Å². The highest BCUT2D eigenvalue weighted by molar-refractivity contribution is 5.82. The van der Waals surface area contributed by atoms with E-state index in [2.05, 4.69) is 10.2 Å². The van der Waals surface area contributed by atoms with Crippen LogP contribution in [0, 0.1) is 0 Å². The summed E-state index contributed by atoms with van der Waals surface area (Å²) in [5, 5.41) is 15.2. The smallest absolute Gasteiger partial charge is 0.252 e. The van der Waals surface area contributed by atoms with Crippen molar-refractivity contribution in [3.63, 3.8) is 0 Å². The number of rotatable bonds is 1. The second-order valence-electron chi connectivity index (χ2n) is 3.23. The van der Waals surface area contributed by atoms with E-state index in [4.69, 9.17) is 5.21 Å². The molecule has 1 aliphatic rings. The van der Waals surface area contributed by atoms with Gasteiger partial charge in [-0.1, -0.05) is 0 Å². The molecule has 0 spiro atoms. The van der Waals surface area contributed by atoms with Crippen LogP contribution in [0.25, 0.3) is 0 Å². The highest BCUT2D eigenvalue weighted by atomic mass is 16.5. The van der Waals surface area contributed by atoms with Crippen LogP contribution in [0.4, 0.5) is 0 Å². The third-order valence-electron chi connectivity index (χ3n) is 2.47. The van der Waals surface area contributed by atoms with Gasteiger partial charge in [0.15, 0.2) is 0 Å². The topological polar surface area (TPSA) is 78.0 Å². The number of aromatic amines is 1. The molecule has 0 saturated heterocycles. The Morgan fingerprint density at radius 1 is 1.77 bits per heavy atom. The summed E-state index contributed by atoms with van der Waals surface area (Å²) >= 11 is 0. The molecule has 1 aromatic heterocycles. The molecule has 5 nitrogen and oxygen atoms in total. The number of fused-ring (bicyclic) bond motifs is 1. The molecule has 5 heteroatoms. The number of hydrogen-bond acceptors (Lipinski definition) is 3. The van der Waals surface area contributed by atoms with Crippen molar-refractivity contribution in [1.82, 2.24) is 15.7 Å². The predicted molar refractivity (Wildman–Crippen MR) is 44.2 cm³/mol. The number of hydroxylamine groups is 1. The minimum Gasteiger partial charge on any atom is -0.289 e. The van der Waals surface area contributed by atoms with Crippen molar-refractivity contribution >= 4 is 5.91 Å². The molecule has 1 amide bonds. The Labute approximate surface area is 75.1 Å². The van der Waals surface area contributed by atoms with E-state index in [1.54, 1.807) is 11.7 Å². The molecule has 2 rings (SSSR count). The lowest BCUT2D eigenvalue weighted by Gasteiger charge is -2.19. The van der Waals surface area contributed by atoms with Gasteiger partial charge in [-0.05, 0) is 24.8 Å². The van der Waals surface area contributed by atoms with Crippen molar-refractivity contribution in [2.75, 3.05) is 0 Å². The molecule has 1 aliphatic carbocycles. The standard InChI is InChI=1S/C8H11N3O2/c12-8(11-13)6-3-1-2-5-4-9-10-7(5)6/h4,6,13H,1-3H2,(H,9,10)(H,11,12). The first kappa shape index (κ1) is 8.25. The first-order valence-electron chi connectivity index (χ1n) is 4.29. The highest BCUT2D eigenvalue weighted by Gasteiger charge is 2.27. The number of nitrogens with one attached hydrogen (secondary N) is 2. The van der Waals surface area contributed by atoms with Crippen LogP contribution in [-0.4, -0.2) is 21.3 Å². The van der Waals surface area contributed by atoms with Gasteiger partial charge in [-0.2, -0.15) is 5.10 Å². The molecule has 3 N–H and O–H groups in total. The quantitative estimate of drug-likeness (QED) is 0.431. The molecule has 1 atom stereocenters. The summed E-state index contributed by atoms with van der Waals surface area (Å²) < 4.78 is 0. The number of aryl methyl sites for hydroxylation is 1. The van der Waals surface area contributed by atoms with Crippen molar-refractivity contribution in [3.8, 4) is 0 Å². The fourth-order valence-corrected chi connectivity index (χ4v) is 1.80. The van der Waals surface area contributed by atoms with Crippen molar-refractivity contribution in [2.24, 2.45) is 0 Å². The maximum atomic E-state index is 11.2. The van der Waals surface area contributed by atoms with Gasteiger partial charge in [0.1, 0.15) is 0 Å². The maximum Gasteiger partial charge on any atom is 0.252 e. The molecule has 0 radical (unpaired) electrons. The number of carbonyl (C=O) groups is 1. The molecule has 0 fully saturated rings. The Hall–Kier alpha value is -1.36. The molecular formula is C8H11N3O2. The van der Waals surface area contributed by atoms with Crippen LogP contribution in [0.1, 0.15) is 30.0 Å². The molecular weight excluding hydrogens is 170 g/mol.